The first-order valence-electron chi connectivity index (χ1n) is 6.29. The summed E-state index contributed by atoms with van der Waals surface area (Å²) in [5.41, 5.74) is 0.431. The number of rotatable bonds is 3. The molecule has 0 aromatic rings. The van der Waals surface area contributed by atoms with Gasteiger partial charge < -0.3 is 15.0 Å². The van der Waals surface area contributed by atoms with Crippen molar-refractivity contribution in [1.82, 2.24) is 10.2 Å². The van der Waals surface area contributed by atoms with Crippen LogP contribution in [0.15, 0.2) is 0 Å². The predicted molar refractivity (Wildman–Crippen MR) is 62.4 cm³/mol. The summed E-state index contributed by atoms with van der Waals surface area (Å²) < 4.78 is 4.78. The van der Waals surface area contributed by atoms with Crippen LogP contribution >= 0.6 is 0 Å². The van der Waals surface area contributed by atoms with Gasteiger partial charge in [-0.25, -0.2) is 0 Å². The van der Waals surface area contributed by atoms with Crippen molar-refractivity contribution in [2.75, 3.05) is 32.8 Å². The summed E-state index contributed by atoms with van der Waals surface area (Å²) in [6.45, 7) is 5.79. The molecule has 2 aliphatic rings. The van der Waals surface area contributed by atoms with Crippen LogP contribution in [0.1, 0.15) is 26.2 Å². The van der Waals surface area contributed by atoms with Gasteiger partial charge in [0.25, 0.3) is 0 Å². The highest BCUT2D eigenvalue weighted by atomic mass is 16.5. The van der Waals surface area contributed by atoms with E-state index in [1.165, 1.54) is 0 Å². The van der Waals surface area contributed by atoms with Crippen LogP contribution in [0.2, 0.25) is 0 Å². The van der Waals surface area contributed by atoms with Gasteiger partial charge >= 0.3 is 5.97 Å². The number of piperidine rings is 1. The third-order valence-corrected chi connectivity index (χ3v) is 3.78. The van der Waals surface area contributed by atoms with Crippen LogP contribution in [-0.4, -0.2) is 49.6 Å². The van der Waals surface area contributed by atoms with Crippen molar-refractivity contribution in [2.45, 2.75) is 26.2 Å². The number of carbonyl (C=O) groups is 2. The molecule has 1 spiro atoms. The normalized spacial score (nSPS) is 22.1. The Kier molecular flexibility index (Phi) is 3.66. The van der Waals surface area contributed by atoms with Gasteiger partial charge in [-0.15, -0.1) is 0 Å². The van der Waals surface area contributed by atoms with E-state index in [-0.39, 0.29) is 12.3 Å². The number of nitrogens with zero attached hydrogens (tertiary/aromatic N) is 1. The number of hydrogen-bond donors (Lipinski definition) is 1. The molecule has 17 heavy (non-hydrogen) atoms. The molecule has 2 heterocycles. The van der Waals surface area contributed by atoms with Gasteiger partial charge in [-0.05, 0) is 25.2 Å². The second-order valence-electron chi connectivity index (χ2n) is 4.97. The second-order valence-corrected chi connectivity index (χ2v) is 4.97. The molecule has 1 amide bonds. The van der Waals surface area contributed by atoms with Gasteiger partial charge in [-0.2, -0.15) is 0 Å². The Balaban J connectivity index is 1.76. The molecule has 2 aliphatic heterocycles. The molecule has 0 aliphatic carbocycles. The lowest BCUT2D eigenvalue weighted by molar-refractivity contribution is -0.149. The lowest BCUT2D eigenvalue weighted by Crippen LogP contribution is -2.58. The van der Waals surface area contributed by atoms with E-state index in [4.69, 9.17) is 4.74 Å². The van der Waals surface area contributed by atoms with Gasteiger partial charge in [0.1, 0.15) is 6.42 Å². The van der Waals surface area contributed by atoms with Gasteiger partial charge in [0, 0.05) is 26.2 Å². The van der Waals surface area contributed by atoms with Crippen LogP contribution in [0.3, 0.4) is 0 Å². The molecular weight excluding hydrogens is 220 g/mol. The monoisotopic (exact) mass is 240 g/mol. The van der Waals surface area contributed by atoms with E-state index in [0.29, 0.717) is 12.0 Å². The molecule has 5 heteroatoms. The molecule has 0 bridgehead atoms. The summed E-state index contributed by atoms with van der Waals surface area (Å²) in [4.78, 5) is 24.8. The average molecular weight is 240 g/mol. The molecule has 0 radical (unpaired) electrons. The summed E-state index contributed by atoms with van der Waals surface area (Å²) in [7, 11) is 0. The standard InChI is InChI=1S/C12H20N2O3/c1-2-17-11(16)7-10(15)14-5-3-12(4-6-14)8-13-9-12/h13H,2-9H2,1H3. The fourth-order valence-electron chi connectivity index (χ4n) is 2.51. The molecule has 96 valence electrons. The van der Waals surface area contributed by atoms with Gasteiger partial charge in [0.2, 0.25) is 5.91 Å². The van der Waals surface area contributed by atoms with Crippen molar-refractivity contribution >= 4 is 11.9 Å². The summed E-state index contributed by atoms with van der Waals surface area (Å²) in [5, 5.41) is 3.29. The molecule has 5 nitrogen and oxygen atoms in total. The Morgan fingerprint density at radius 2 is 1.94 bits per heavy atom. The molecule has 0 saturated carbocycles. The maximum atomic E-state index is 11.8. The fraction of sp³-hybridized carbons (Fsp3) is 0.833. The van der Waals surface area contributed by atoms with Crippen LogP contribution in [0.4, 0.5) is 0 Å². The summed E-state index contributed by atoms with van der Waals surface area (Å²) >= 11 is 0. The third kappa shape index (κ3) is 2.77. The summed E-state index contributed by atoms with van der Waals surface area (Å²) in [5.74, 6) is -0.506. The smallest absolute Gasteiger partial charge is 0.315 e. The largest absolute Gasteiger partial charge is 0.466 e. The van der Waals surface area contributed by atoms with Gasteiger partial charge in [-0.3, -0.25) is 9.59 Å². The lowest BCUT2D eigenvalue weighted by atomic mass is 9.73. The van der Waals surface area contributed by atoms with E-state index in [1.54, 1.807) is 11.8 Å². The van der Waals surface area contributed by atoms with Crippen molar-refractivity contribution in [3.8, 4) is 0 Å². The second kappa shape index (κ2) is 5.04. The zero-order chi connectivity index (χ0) is 12.3. The minimum absolute atomic E-state index is 0.0921. The molecule has 0 aromatic carbocycles. The summed E-state index contributed by atoms with van der Waals surface area (Å²) in [6.07, 6.45) is 1.99. The maximum Gasteiger partial charge on any atom is 0.315 e. The Labute approximate surface area is 101 Å². The highest BCUT2D eigenvalue weighted by molar-refractivity contribution is 5.94. The van der Waals surface area contributed by atoms with E-state index in [1.807, 2.05) is 0 Å². The molecule has 2 rings (SSSR count). The molecule has 0 atom stereocenters. The van der Waals surface area contributed by atoms with E-state index in [0.717, 1.165) is 39.0 Å². The maximum absolute atomic E-state index is 11.8. The van der Waals surface area contributed by atoms with Crippen LogP contribution in [-0.2, 0) is 14.3 Å². The fourth-order valence-corrected chi connectivity index (χ4v) is 2.51. The van der Waals surface area contributed by atoms with Crippen molar-refractivity contribution in [3.05, 3.63) is 0 Å². The van der Waals surface area contributed by atoms with Crippen molar-refractivity contribution in [1.29, 1.82) is 0 Å². The van der Waals surface area contributed by atoms with Gasteiger partial charge in [-0.1, -0.05) is 0 Å². The third-order valence-electron chi connectivity index (χ3n) is 3.78. The van der Waals surface area contributed by atoms with E-state index in [2.05, 4.69) is 5.32 Å². The molecule has 0 unspecified atom stereocenters. The number of ether oxygens (including phenoxy) is 1. The molecule has 2 saturated heterocycles. The number of nitrogens with one attached hydrogen (secondary N) is 1. The van der Waals surface area contributed by atoms with Gasteiger partial charge in [0.05, 0.1) is 6.61 Å². The molecule has 1 N–H and O–H groups in total. The zero-order valence-electron chi connectivity index (χ0n) is 10.3. The number of hydrogen-bond acceptors (Lipinski definition) is 4. The van der Waals surface area contributed by atoms with Crippen molar-refractivity contribution in [3.63, 3.8) is 0 Å². The summed E-state index contributed by atoms with van der Waals surface area (Å²) in [6, 6.07) is 0. The van der Waals surface area contributed by atoms with E-state index < -0.39 is 5.97 Å². The molecule has 2 fully saturated rings. The Bertz CT molecular complexity index is 303. The van der Waals surface area contributed by atoms with Crippen LogP contribution in [0, 0.1) is 5.41 Å². The Hall–Kier alpha value is -1.10. The average Bonchev–Trinajstić information content (AvgIpc) is 2.27. The first-order chi connectivity index (χ1) is 8.15. The molecule has 0 aromatic heterocycles. The minimum Gasteiger partial charge on any atom is -0.466 e. The number of carbonyl (C=O) groups excluding carboxylic acids is 2. The Morgan fingerprint density at radius 3 is 2.41 bits per heavy atom. The molecular formula is C12H20N2O3. The number of likely N-dealkylation sites (tertiary alicyclic amines) is 1. The Morgan fingerprint density at radius 1 is 1.29 bits per heavy atom. The van der Waals surface area contributed by atoms with Gasteiger partial charge in [0.15, 0.2) is 0 Å². The SMILES string of the molecule is CCOC(=O)CC(=O)N1CCC2(CC1)CNC2. The predicted octanol–water partition coefficient (Wildman–Crippen LogP) is 0.152. The van der Waals surface area contributed by atoms with Crippen LogP contribution in [0.25, 0.3) is 0 Å². The number of esters is 1. The van der Waals surface area contributed by atoms with Crippen LogP contribution in [0.5, 0.6) is 0 Å². The van der Waals surface area contributed by atoms with Crippen molar-refractivity contribution < 1.29 is 14.3 Å². The van der Waals surface area contributed by atoms with Crippen molar-refractivity contribution in [2.24, 2.45) is 5.41 Å². The minimum atomic E-state index is -0.414. The zero-order valence-corrected chi connectivity index (χ0v) is 10.3. The highest BCUT2D eigenvalue weighted by Crippen LogP contribution is 2.34. The topological polar surface area (TPSA) is 58.6 Å². The lowest BCUT2D eigenvalue weighted by Gasteiger charge is -2.48. The first kappa shape index (κ1) is 12.4. The quantitative estimate of drug-likeness (QED) is 0.563. The first-order valence-corrected chi connectivity index (χ1v) is 6.29. The van der Waals surface area contributed by atoms with E-state index >= 15 is 0 Å². The van der Waals surface area contributed by atoms with Crippen LogP contribution < -0.4 is 5.32 Å². The highest BCUT2D eigenvalue weighted by Gasteiger charge is 2.40. The number of amides is 1. The van der Waals surface area contributed by atoms with E-state index in [9.17, 15) is 9.59 Å².